The third-order valence-corrected chi connectivity index (χ3v) is 6.72. The largest absolute Gasteiger partial charge is 0.383 e. The van der Waals surface area contributed by atoms with Gasteiger partial charge in [-0.05, 0) is 54.8 Å². The van der Waals surface area contributed by atoms with Gasteiger partial charge >= 0.3 is 0 Å². The fourth-order valence-electron chi connectivity index (χ4n) is 4.68. The van der Waals surface area contributed by atoms with E-state index in [4.69, 9.17) is 5.73 Å². The van der Waals surface area contributed by atoms with Crippen LogP contribution >= 0.6 is 0 Å². The van der Waals surface area contributed by atoms with Gasteiger partial charge in [0.1, 0.15) is 17.8 Å². The minimum Gasteiger partial charge on any atom is -0.383 e. The molecule has 176 valence electrons. The molecule has 4 aromatic rings. The van der Waals surface area contributed by atoms with Crippen molar-refractivity contribution in [3.8, 4) is 22.4 Å². The number of nitrogens with two attached hydrogens (primary N) is 1. The SMILES string of the molecule is C=C(C)C(=O)Nc1ccc(-c2c(-c3ccc4c(c3)C(C)N(C)C4=O)c3c(N)ncnc3n2C)cc1. The number of nitrogens with zero attached hydrogens (tertiary/aromatic N) is 4. The molecule has 0 saturated carbocycles. The van der Waals surface area contributed by atoms with E-state index < -0.39 is 0 Å². The molecule has 1 aliphatic heterocycles. The summed E-state index contributed by atoms with van der Waals surface area (Å²) in [5.41, 5.74) is 13.6. The van der Waals surface area contributed by atoms with E-state index in [9.17, 15) is 9.59 Å². The first kappa shape index (κ1) is 22.3. The van der Waals surface area contributed by atoms with E-state index >= 15 is 0 Å². The number of hydrogen-bond acceptors (Lipinski definition) is 5. The Morgan fingerprint density at radius 1 is 1.09 bits per heavy atom. The average Bonchev–Trinajstić information content (AvgIpc) is 3.26. The molecule has 0 fully saturated rings. The van der Waals surface area contributed by atoms with Crippen LogP contribution in [0.3, 0.4) is 0 Å². The number of nitrogen functional groups attached to an aromatic ring is 1. The molecule has 0 spiro atoms. The Kier molecular flexibility index (Phi) is 5.16. The van der Waals surface area contributed by atoms with Gasteiger partial charge in [-0.25, -0.2) is 9.97 Å². The smallest absolute Gasteiger partial charge is 0.254 e. The summed E-state index contributed by atoms with van der Waals surface area (Å²) in [6, 6.07) is 13.5. The maximum Gasteiger partial charge on any atom is 0.254 e. The lowest BCUT2D eigenvalue weighted by atomic mass is 9.94. The van der Waals surface area contributed by atoms with Crippen LogP contribution in [-0.2, 0) is 11.8 Å². The summed E-state index contributed by atoms with van der Waals surface area (Å²) in [5, 5.41) is 3.59. The Morgan fingerprint density at radius 3 is 2.46 bits per heavy atom. The van der Waals surface area contributed by atoms with Gasteiger partial charge in [-0.3, -0.25) is 9.59 Å². The number of anilines is 2. The minimum absolute atomic E-state index is 0.0208. The number of fused-ring (bicyclic) bond motifs is 2. The second kappa shape index (κ2) is 8.09. The maximum absolute atomic E-state index is 12.6. The van der Waals surface area contributed by atoms with Crippen molar-refractivity contribution in [2.24, 2.45) is 7.05 Å². The summed E-state index contributed by atoms with van der Waals surface area (Å²) >= 11 is 0. The van der Waals surface area contributed by atoms with Crippen LogP contribution in [0, 0.1) is 0 Å². The van der Waals surface area contributed by atoms with E-state index in [0.29, 0.717) is 28.3 Å². The minimum atomic E-state index is -0.224. The lowest BCUT2D eigenvalue weighted by molar-refractivity contribution is -0.112. The molecule has 2 amide bonds. The van der Waals surface area contributed by atoms with E-state index in [0.717, 1.165) is 33.3 Å². The van der Waals surface area contributed by atoms with Crippen molar-refractivity contribution in [3.05, 3.63) is 72.1 Å². The van der Waals surface area contributed by atoms with Crippen LogP contribution in [0.4, 0.5) is 11.5 Å². The Morgan fingerprint density at radius 2 is 1.77 bits per heavy atom. The molecule has 0 radical (unpaired) electrons. The zero-order valence-corrected chi connectivity index (χ0v) is 20.1. The number of carbonyl (C=O) groups is 2. The number of hydrogen-bond donors (Lipinski definition) is 2. The first-order chi connectivity index (χ1) is 16.7. The molecular weight excluding hydrogens is 440 g/mol. The zero-order valence-electron chi connectivity index (χ0n) is 20.1. The number of rotatable bonds is 4. The van der Waals surface area contributed by atoms with Crippen molar-refractivity contribution in [2.75, 3.05) is 18.1 Å². The van der Waals surface area contributed by atoms with E-state index in [1.165, 1.54) is 6.33 Å². The molecule has 8 heteroatoms. The van der Waals surface area contributed by atoms with Crippen molar-refractivity contribution >= 4 is 34.4 Å². The molecule has 8 nitrogen and oxygen atoms in total. The van der Waals surface area contributed by atoms with Gasteiger partial charge in [0.2, 0.25) is 0 Å². The van der Waals surface area contributed by atoms with Crippen LogP contribution < -0.4 is 11.1 Å². The first-order valence-corrected chi connectivity index (χ1v) is 11.3. The normalized spacial score (nSPS) is 14.9. The monoisotopic (exact) mass is 466 g/mol. The molecule has 3 N–H and O–H groups in total. The van der Waals surface area contributed by atoms with Crippen LogP contribution in [0.1, 0.15) is 35.8 Å². The number of aryl methyl sites for hydroxylation is 1. The summed E-state index contributed by atoms with van der Waals surface area (Å²) in [6.07, 6.45) is 1.46. The average molecular weight is 467 g/mol. The summed E-state index contributed by atoms with van der Waals surface area (Å²) < 4.78 is 2.00. The van der Waals surface area contributed by atoms with Gasteiger partial charge in [0.25, 0.3) is 11.8 Å². The molecule has 0 bridgehead atoms. The van der Waals surface area contributed by atoms with Gasteiger partial charge in [-0.1, -0.05) is 24.8 Å². The molecule has 35 heavy (non-hydrogen) atoms. The highest BCUT2D eigenvalue weighted by atomic mass is 16.2. The fourth-order valence-corrected chi connectivity index (χ4v) is 4.68. The molecule has 0 saturated heterocycles. The molecule has 1 atom stereocenters. The van der Waals surface area contributed by atoms with Crippen LogP contribution in [0.15, 0.2) is 60.9 Å². The van der Waals surface area contributed by atoms with E-state index in [1.807, 2.05) is 62.0 Å². The van der Waals surface area contributed by atoms with Gasteiger partial charge in [0.15, 0.2) is 0 Å². The second-order valence-corrected chi connectivity index (χ2v) is 8.95. The predicted octanol–water partition coefficient (Wildman–Crippen LogP) is 4.55. The van der Waals surface area contributed by atoms with Gasteiger partial charge in [-0.15, -0.1) is 0 Å². The number of benzene rings is 2. The highest BCUT2D eigenvalue weighted by Gasteiger charge is 2.32. The van der Waals surface area contributed by atoms with Crippen molar-refractivity contribution in [2.45, 2.75) is 19.9 Å². The van der Waals surface area contributed by atoms with Gasteiger partial charge in [-0.2, -0.15) is 0 Å². The van der Waals surface area contributed by atoms with Gasteiger partial charge in [0, 0.05) is 36.5 Å². The molecule has 1 aliphatic rings. The quantitative estimate of drug-likeness (QED) is 0.429. The fraction of sp³-hybridized carbons (Fsp3) is 0.185. The van der Waals surface area contributed by atoms with Gasteiger partial charge in [0.05, 0.1) is 17.1 Å². The van der Waals surface area contributed by atoms with Crippen molar-refractivity contribution in [1.29, 1.82) is 0 Å². The van der Waals surface area contributed by atoms with Gasteiger partial charge < -0.3 is 20.5 Å². The molecule has 3 heterocycles. The van der Waals surface area contributed by atoms with Crippen LogP contribution in [-0.4, -0.2) is 38.3 Å². The summed E-state index contributed by atoms with van der Waals surface area (Å²) in [4.78, 5) is 35.1. The number of nitrogens with one attached hydrogen (secondary N) is 1. The Balaban J connectivity index is 1.71. The number of amides is 2. The lowest BCUT2D eigenvalue weighted by Gasteiger charge is -2.15. The Bertz CT molecular complexity index is 1530. The third kappa shape index (κ3) is 3.45. The van der Waals surface area contributed by atoms with Crippen LogP contribution in [0.25, 0.3) is 33.4 Å². The molecule has 1 unspecified atom stereocenters. The first-order valence-electron chi connectivity index (χ1n) is 11.3. The Labute approximate surface area is 203 Å². The van der Waals surface area contributed by atoms with Crippen LogP contribution in [0.2, 0.25) is 0 Å². The maximum atomic E-state index is 12.6. The third-order valence-electron chi connectivity index (χ3n) is 6.72. The lowest BCUT2D eigenvalue weighted by Crippen LogP contribution is -2.20. The number of carbonyl (C=O) groups excluding carboxylic acids is 2. The predicted molar refractivity (Wildman–Crippen MR) is 138 cm³/mol. The molecular formula is C27H26N6O2. The topological polar surface area (TPSA) is 106 Å². The Hall–Kier alpha value is -4.46. The molecule has 5 rings (SSSR count). The van der Waals surface area contributed by atoms with Crippen molar-refractivity contribution in [3.63, 3.8) is 0 Å². The summed E-state index contributed by atoms with van der Waals surface area (Å²) in [5.74, 6) is 0.184. The van der Waals surface area contributed by atoms with E-state index in [2.05, 4.69) is 27.9 Å². The van der Waals surface area contributed by atoms with E-state index in [1.54, 1.807) is 11.8 Å². The van der Waals surface area contributed by atoms with E-state index in [-0.39, 0.29) is 17.9 Å². The van der Waals surface area contributed by atoms with Crippen molar-refractivity contribution < 1.29 is 9.59 Å². The number of aromatic nitrogens is 3. The highest BCUT2D eigenvalue weighted by molar-refractivity contribution is 6.09. The second-order valence-electron chi connectivity index (χ2n) is 8.95. The molecule has 0 aliphatic carbocycles. The zero-order chi connectivity index (χ0) is 25.0. The highest BCUT2D eigenvalue weighted by Crippen LogP contribution is 2.44. The van der Waals surface area contributed by atoms with Crippen LogP contribution in [0.5, 0.6) is 0 Å². The standard InChI is InChI=1S/C27H26N6O2/c1-14(2)26(34)31-18-9-6-16(7-10-18)23-21(22-24(28)29-13-30-25(22)33(23)5)17-8-11-19-20(12-17)15(3)32(4)27(19)35/h6-13,15H,1H2,2-5H3,(H,31,34)(H2,28,29,30). The molecule has 2 aromatic carbocycles. The summed E-state index contributed by atoms with van der Waals surface area (Å²) in [7, 11) is 3.76. The van der Waals surface area contributed by atoms with Crippen molar-refractivity contribution in [1.82, 2.24) is 19.4 Å². The molecule has 2 aromatic heterocycles. The summed E-state index contributed by atoms with van der Waals surface area (Å²) in [6.45, 7) is 7.37.